The van der Waals surface area contributed by atoms with Gasteiger partial charge in [-0.25, -0.2) is 0 Å². The second-order valence-corrected chi connectivity index (χ2v) is 13.8. The summed E-state index contributed by atoms with van der Waals surface area (Å²) >= 11 is 0. The molecule has 0 amide bonds. The molecule has 0 aromatic heterocycles. The molecular weight excluding hydrogens is 380 g/mol. The van der Waals surface area contributed by atoms with Crippen LogP contribution in [0.2, 0.25) is 0 Å². The second-order valence-electron chi connectivity index (χ2n) is 13.8. The van der Waals surface area contributed by atoms with Gasteiger partial charge in [0.2, 0.25) is 0 Å². The Hall–Kier alpha value is -0.0800. The van der Waals surface area contributed by atoms with Crippen molar-refractivity contribution in [2.45, 2.75) is 112 Å². The molecule has 0 radical (unpaired) electrons. The van der Waals surface area contributed by atoms with Gasteiger partial charge < -0.3 is 9.84 Å². The standard InChI is InChI=1S/C29H50O2/c1-17(2)18(3)14-25(30)19(4)22-8-9-23-21-15-26(31-7)29-16-20(29)10-13-28(29,6)24(21)11-12-27(22,23)5/h17-26,30H,8-16H2,1-7H3/t18-,19+,20-,21?,22?,23?,24?,25+,26-,27-,28-,29+/m1/s1. The number of methoxy groups -OCH3 is 1. The Bertz CT molecular complexity index is 688. The Balaban J connectivity index is 1.37. The first-order chi connectivity index (χ1) is 14.6. The first-order valence-electron chi connectivity index (χ1n) is 13.8. The van der Waals surface area contributed by atoms with Crippen LogP contribution in [0.5, 0.6) is 0 Å². The van der Waals surface area contributed by atoms with Crippen LogP contribution in [0, 0.1) is 63.6 Å². The van der Waals surface area contributed by atoms with Crippen molar-refractivity contribution in [1.29, 1.82) is 0 Å². The summed E-state index contributed by atoms with van der Waals surface area (Å²) in [5.74, 6) is 5.95. The third-order valence-corrected chi connectivity index (χ3v) is 12.9. The molecule has 5 aliphatic carbocycles. The summed E-state index contributed by atoms with van der Waals surface area (Å²) in [6.07, 6.45) is 12.6. The smallest absolute Gasteiger partial charge is 0.0638 e. The number of ether oxygens (including phenoxy) is 1. The quantitative estimate of drug-likeness (QED) is 0.494. The van der Waals surface area contributed by atoms with Gasteiger partial charge in [-0.1, -0.05) is 41.5 Å². The normalized spacial score (nSPS) is 53.3. The zero-order valence-corrected chi connectivity index (χ0v) is 21.5. The van der Waals surface area contributed by atoms with Crippen LogP contribution in [-0.2, 0) is 4.74 Å². The molecule has 5 saturated carbocycles. The van der Waals surface area contributed by atoms with E-state index in [1.807, 2.05) is 7.11 Å². The first-order valence-corrected chi connectivity index (χ1v) is 13.8. The minimum atomic E-state index is -0.142. The van der Waals surface area contributed by atoms with Crippen LogP contribution in [0.1, 0.15) is 99.3 Å². The van der Waals surface area contributed by atoms with Gasteiger partial charge in [-0.05, 0) is 116 Å². The molecule has 31 heavy (non-hydrogen) atoms. The number of hydrogen-bond donors (Lipinski definition) is 1. The predicted octanol–water partition coefficient (Wildman–Crippen LogP) is 6.95. The molecule has 0 aromatic rings. The van der Waals surface area contributed by atoms with Crippen LogP contribution in [0.3, 0.4) is 0 Å². The molecule has 5 fully saturated rings. The first kappa shape index (κ1) is 22.7. The van der Waals surface area contributed by atoms with Crippen molar-refractivity contribution in [3.63, 3.8) is 0 Å². The Kier molecular flexibility index (Phi) is 5.46. The summed E-state index contributed by atoms with van der Waals surface area (Å²) in [6, 6.07) is 0. The summed E-state index contributed by atoms with van der Waals surface area (Å²) in [4.78, 5) is 0. The fourth-order valence-electron chi connectivity index (χ4n) is 10.6. The lowest BCUT2D eigenvalue weighted by Crippen LogP contribution is -2.57. The van der Waals surface area contributed by atoms with Crippen molar-refractivity contribution >= 4 is 0 Å². The molecule has 0 aliphatic heterocycles. The van der Waals surface area contributed by atoms with Gasteiger partial charge in [0.05, 0.1) is 12.2 Å². The van der Waals surface area contributed by atoms with E-state index in [4.69, 9.17) is 4.74 Å². The zero-order valence-electron chi connectivity index (χ0n) is 21.5. The van der Waals surface area contributed by atoms with Gasteiger partial charge in [-0.3, -0.25) is 0 Å². The molecule has 12 atom stereocenters. The molecular formula is C29H50O2. The van der Waals surface area contributed by atoms with Crippen LogP contribution in [0.25, 0.3) is 0 Å². The van der Waals surface area contributed by atoms with E-state index in [0.29, 0.717) is 46.0 Å². The zero-order chi connectivity index (χ0) is 22.3. The molecule has 0 heterocycles. The van der Waals surface area contributed by atoms with Crippen LogP contribution in [0.15, 0.2) is 0 Å². The Morgan fingerprint density at radius 1 is 0.968 bits per heavy atom. The summed E-state index contributed by atoms with van der Waals surface area (Å²) in [5.41, 5.74) is 1.48. The predicted molar refractivity (Wildman–Crippen MR) is 128 cm³/mol. The summed E-state index contributed by atoms with van der Waals surface area (Å²) < 4.78 is 6.28. The minimum absolute atomic E-state index is 0.142. The van der Waals surface area contributed by atoms with Gasteiger partial charge in [-0.2, -0.15) is 0 Å². The molecule has 4 unspecified atom stereocenters. The van der Waals surface area contributed by atoms with Crippen molar-refractivity contribution in [2.75, 3.05) is 7.11 Å². The van der Waals surface area contributed by atoms with E-state index in [9.17, 15) is 5.11 Å². The third-order valence-electron chi connectivity index (χ3n) is 12.9. The van der Waals surface area contributed by atoms with Gasteiger partial charge in [0.25, 0.3) is 0 Å². The van der Waals surface area contributed by atoms with Crippen molar-refractivity contribution in [3.05, 3.63) is 0 Å². The van der Waals surface area contributed by atoms with Crippen molar-refractivity contribution < 1.29 is 9.84 Å². The average molecular weight is 431 g/mol. The molecule has 2 nitrogen and oxygen atoms in total. The molecule has 0 saturated heterocycles. The van der Waals surface area contributed by atoms with Crippen molar-refractivity contribution in [2.24, 2.45) is 63.6 Å². The van der Waals surface area contributed by atoms with Gasteiger partial charge in [0.15, 0.2) is 0 Å². The highest BCUT2D eigenvalue weighted by Gasteiger charge is 2.77. The maximum atomic E-state index is 11.2. The molecule has 0 aromatic carbocycles. The van der Waals surface area contributed by atoms with Crippen LogP contribution in [-0.4, -0.2) is 24.4 Å². The molecule has 2 heteroatoms. The number of fused-ring (bicyclic) bond motifs is 4. The topological polar surface area (TPSA) is 29.5 Å². The molecule has 0 bridgehead atoms. The Morgan fingerprint density at radius 3 is 2.35 bits per heavy atom. The fraction of sp³-hybridized carbons (Fsp3) is 1.00. The maximum absolute atomic E-state index is 11.2. The van der Waals surface area contributed by atoms with E-state index >= 15 is 0 Å². The minimum Gasteiger partial charge on any atom is -0.393 e. The van der Waals surface area contributed by atoms with Crippen LogP contribution < -0.4 is 0 Å². The molecule has 5 aliphatic rings. The van der Waals surface area contributed by atoms with Crippen LogP contribution in [0.4, 0.5) is 0 Å². The van der Waals surface area contributed by atoms with Crippen molar-refractivity contribution in [3.8, 4) is 0 Å². The highest BCUT2D eigenvalue weighted by molar-refractivity contribution is 5.26. The molecule has 1 spiro atoms. The summed E-state index contributed by atoms with van der Waals surface area (Å²) in [6.45, 7) is 14.6. The van der Waals surface area contributed by atoms with E-state index in [1.54, 1.807) is 0 Å². The number of aliphatic hydroxyl groups is 1. The van der Waals surface area contributed by atoms with E-state index in [2.05, 4.69) is 41.5 Å². The van der Waals surface area contributed by atoms with Gasteiger partial charge >= 0.3 is 0 Å². The fourth-order valence-corrected chi connectivity index (χ4v) is 10.6. The van der Waals surface area contributed by atoms with Gasteiger partial charge in [0.1, 0.15) is 0 Å². The number of rotatable bonds is 6. The molecule has 178 valence electrons. The third kappa shape index (κ3) is 2.95. The monoisotopic (exact) mass is 430 g/mol. The lowest BCUT2D eigenvalue weighted by atomic mass is 9.45. The van der Waals surface area contributed by atoms with Gasteiger partial charge in [0, 0.05) is 12.5 Å². The maximum Gasteiger partial charge on any atom is 0.0638 e. The molecule has 5 rings (SSSR count). The lowest BCUT2D eigenvalue weighted by molar-refractivity contribution is -0.162. The largest absolute Gasteiger partial charge is 0.393 e. The number of hydrogen-bond acceptors (Lipinski definition) is 2. The summed E-state index contributed by atoms with van der Waals surface area (Å²) in [5, 5.41) is 11.2. The molecule has 1 N–H and O–H groups in total. The average Bonchev–Trinajstić information content (AvgIpc) is 3.24. The van der Waals surface area contributed by atoms with E-state index in [-0.39, 0.29) is 6.10 Å². The van der Waals surface area contributed by atoms with Gasteiger partial charge in [-0.15, -0.1) is 0 Å². The SMILES string of the molecule is CO[C@@H]1CC2C3CCC([C@H](C)[C@@H](O)C[C@@H](C)C(C)C)[C@@]3(C)CCC2[C@@]2(C)CC[C@@H]3C[C@]312. The highest BCUT2D eigenvalue weighted by Crippen LogP contribution is 2.82. The second kappa shape index (κ2) is 7.46. The number of aliphatic hydroxyl groups excluding tert-OH is 1. The van der Waals surface area contributed by atoms with Crippen molar-refractivity contribution in [1.82, 2.24) is 0 Å². The van der Waals surface area contributed by atoms with E-state index in [0.717, 1.165) is 30.1 Å². The van der Waals surface area contributed by atoms with Crippen LogP contribution >= 0.6 is 0 Å². The lowest BCUT2D eigenvalue weighted by Gasteiger charge is -2.61. The van der Waals surface area contributed by atoms with E-state index in [1.165, 1.54) is 51.4 Å². The Morgan fingerprint density at radius 2 is 1.71 bits per heavy atom. The Labute approximate surface area is 192 Å². The highest BCUT2D eigenvalue weighted by atomic mass is 16.5. The van der Waals surface area contributed by atoms with E-state index < -0.39 is 0 Å². The summed E-state index contributed by atoms with van der Waals surface area (Å²) in [7, 11) is 2.00.